The van der Waals surface area contributed by atoms with Gasteiger partial charge in [-0.1, -0.05) is 72.8 Å². The van der Waals surface area contributed by atoms with Crippen molar-refractivity contribution in [2.45, 2.75) is 5.92 Å². The third-order valence-electron chi connectivity index (χ3n) is 2.89. The second-order valence-corrected chi connectivity index (χ2v) is 4.18. The van der Waals surface area contributed by atoms with Crippen LogP contribution >= 0.6 is 0 Å². The fourth-order valence-electron chi connectivity index (χ4n) is 1.88. The second-order valence-electron chi connectivity index (χ2n) is 4.18. The van der Waals surface area contributed by atoms with E-state index in [-0.39, 0.29) is 11.9 Å². The maximum atomic E-state index is 11.9. The summed E-state index contributed by atoms with van der Waals surface area (Å²) in [4.78, 5) is 11.9. The molecular formula is C17H16O2. The molecular weight excluding hydrogens is 236 g/mol. The van der Waals surface area contributed by atoms with Crippen LogP contribution in [-0.2, 0) is 9.53 Å². The van der Waals surface area contributed by atoms with Crippen LogP contribution in [0.2, 0.25) is 0 Å². The van der Waals surface area contributed by atoms with E-state index in [4.69, 9.17) is 4.74 Å². The minimum atomic E-state index is -0.369. The third kappa shape index (κ3) is 3.55. The largest absolute Gasteiger partial charge is 0.468 e. The first-order valence-electron chi connectivity index (χ1n) is 6.17. The molecule has 0 saturated carbocycles. The van der Waals surface area contributed by atoms with E-state index in [0.29, 0.717) is 0 Å². The lowest BCUT2D eigenvalue weighted by atomic mass is 9.98. The Bertz CT molecular complexity index is 544. The molecule has 2 heteroatoms. The molecule has 0 aliphatic rings. The molecule has 1 unspecified atom stereocenters. The fraction of sp³-hybridized carbons (Fsp3) is 0.118. The predicted molar refractivity (Wildman–Crippen MR) is 76.7 cm³/mol. The van der Waals surface area contributed by atoms with E-state index in [0.717, 1.165) is 11.1 Å². The van der Waals surface area contributed by atoms with Gasteiger partial charge in [0.2, 0.25) is 0 Å². The van der Waals surface area contributed by atoms with Gasteiger partial charge in [0, 0.05) is 0 Å². The van der Waals surface area contributed by atoms with Crippen molar-refractivity contribution in [1.29, 1.82) is 0 Å². The zero-order valence-electron chi connectivity index (χ0n) is 10.8. The number of hydrogen-bond donors (Lipinski definition) is 0. The summed E-state index contributed by atoms with van der Waals surface area (Å²) in [5.74, 6) is -0.621. The molecule has 0 N–H and O–H groups in total. The summed E-state index contributed by atoms with van der Waals surface area (Å²) in [6.45, 7) is 0. The van der Waals surface area contributed by atoms with Crippen LogP contribution in [0.25, 0.3) is 6.08 Å². The Morgan fingerprint density at radius 2 is 1.58 bits per heavy atom. The molecule has 0 fully saturated rings. The van der Waals surface area contributed by atoms with E-state index in [1.807, 2.05) is 72.8 Å². The van der Waals surface area contributed by atoms with Crippen molar-refractivity contribution in [2.24, 2.45) is 0 Å². The second kappa shape index (κ2) is 6.55. The van der Waals surface area contributed by atoms with Crippen LogP contribution in [-0.4, -0.2) is 13.1 Å². The Hall–Kier alpha value is -2.35. The van der Waals surface area contributed by atoms with Crippen LogP contribution in [0.3, 0.4) is 0 Å². The van der Waals surface area contributed by atoms with Gasteiger partial charge in [-0.3, -0.25) is 4.79 Å². The SMILES string of the molecule is COC(=O)C(/C=C/c1ccccc1)c1ccccc1. The number of carbonyl (C=O) groups excluding carboxylic acids is 1. The number of methoxy groups -OCH3 is 1. The van der Waals surface area contributed by atoms with E-state index in [1.54, 1.807) is 0 Å². The molecule has 0 aliphatic heterocycles. The van der Waals surface area contributed by atoms with Crippen molar-refractivity contribution in [3.05, 3.63) is 77.9 Å². The number of ether oxygens (including phenoxy) is 1. The van der Waals surface area contributed by atoms with Crippen molar-refractivity contribution in [3.63, 3.8) is 0 Å². The molecule has 2 aromatic rings. The summed E-state index contributed by atoms with van der Waals surface area (Å²) in [6, 6.07) is 19.5. The third-order valence-corrected chi connectivity index (χ3v) is 2.89. The lowest BCUT2D eigenvalue weighted by Gasteiger charge is -2.10. The van der Waals surface area contributed by atoms with Crippen LogP contribution in [0.15, 0.2) is 66.7 Å². The van der Waals surface area contributed by atoms with Gasteiger partial charge in [0.1, 0.15) is 5.92 Å². The van der Waals surface area contributed by atoms with Gasteiger partial charge in [0.25, 0.3) is 0 Å². The summed E-state index contributed by atoms with van der Waals surface area (Å²) in [5, 5.41) is 0. The van der Waals surface area contributed by atoms with Gasteiger partial charge in [-0.05, 0) is 11.1 Å². The molecule has 2 rings (SSSR count). The van der Waals surface area contributed by atoms with Crippen LogP contribution < -0.4 is 0 Å². The summed E-state index contributed by atoms with van der Waals surface area (Å²) >= 11 is 0. The average Bonchev–Trinajstić information content (AvgIpc) is 2.49. The van der Waals surface area contributed by atoms with Gasteiger partial charge in [0.15, 0.2) is 0 Å². The molecule has 0 spiro atoms. The number of carbonyl (C=O) groups is 1. The van der Waals surface area contributed by atoms with E-state index < -0.39 is 0 Å². The normalized spacial score (nSPS) is 12.3. The fourth-order valence-corrected chi connectivity index (χ4v) is 1.88. The highest BCUT2D eigenvalue weighted by Crippen LogP contribution is 2.20. The first-order valence-corrected chi connectivity index (χ1v) is 6.17. The standard InChI is InChI=1S/C17H16O2/c1-19-17(18)16(15-10-6-3-7-11-15)13-12-14-8-4-2-5-9-14/h2-13,16H,1H3/b13-12+. The molecule has 0 heterocycles. The van der Waals surface area contributed by atoms with Crippen molar-refractivity contribution in [3.8, 4) is 0 Å². The highest BCUT2D eigenvalue weighted by atomic mass is 16.5. The molecule has 0 radical (unpaired) electrons. The van der Waals surface area contributed by atoms with Crippen molar-refractivity contribution < 1.29 is 9.53 Å². The monoisotopic (exact) mass is 252 g/mol. The molecule has 0 amide bonds. The Labute approximate surface area is 113 Å². The van der Waals surface area contributed by atoms with E-state index in [1.165, 1.54) is 7.11 Å². The van der Waals surface area contributed by atoms with Gasteiger partial charge < -0.3 is 4.74 Å². The zero-order chi connectivity index (χ0) is 13.5. The zero-order valence-corrected chi connectivity index (χ0v) is 10.8. The van der Waals surface area contributed by atoms with E-state index in [9.17, 15) is 4.79 Å². The molecule has 2 nitrogen and oxygen atoms in total. The first-order chi connectivity index (χ1) is 9.31. The first kappa shape index (κ1) is 13.1. The minimum Gasteiger partial charge on any atom is -0.468 e. The van der Waals surface area contributed by atoms with Crippen LogP contribution in [0.5, 0.6) is 0 Å². The van der Waals surface area contributed by atoms with Gasteiger partial charge >= 0.3 is 5.97 Å². The summed E-state index contributed by atoms with van der Waals surface area (Å²) < 4.78 is 4.87. The van der Waals surface area contributed by atoms with Crippen molar-refractivity contribution in [1.82, 2.24) is 0 Å². The Balaban J connectivity index is 2.25. The number of rotatable bonds is 4. The maximum absolute atomic E-state index is 11.9. The topological polar surface area (TPSA) is 26.3 Å². The number of hydrogen-bond acceptors (Lipinski definition) is 2. The van der Waals surface area contributed by atoms with Crippen molar-refractivity contribution in [2.75, 3.05) is 7.11 Å². The quantitative estimate of drug-likeness (QED) is 0.776. The van der Waals surface area contributed by atoms with E-state index >= 15 is 0 Å². The number of esters is 1. The summed E-state index contributed by atoms with van der Waals surface area (Å²) in [6.07, 6.45) is 3.81. The summed E-state index contributed by atoms with van der Waals surface area (Å²) in [5.41, 5.74) is 1.99. The molecule has 19 heavy (non-hydrogen) atoms. The molecule has 0 saturated heterocycles. The van der Waals surface area contributed by atoms with Gasteiger partial charge in [-0.2, -0.15) is 0 Å². The smallest absolute Gasteiger partial charge is 0.317 e. The minimum absolute atomic E-state index is 0.251. The Morgan fingerprint density at radius 3 is 2.16 bits per heavy atom. The van der Waals surface area contributed by atoms with Gasteiger partial charge in [-0.25, -0.2) is 0 Å². The highest BCUT2D eigenvalue weighted by Gasteiger charge is 2.17. The van der Waals surface area contributed by atoms with Crippen LogP contribution in [0.1, 0.15) is 17.0 Å². The van der Waals surface area contributed by atoms with E-state index in [2.05, 4.69) is 0 Å². The lowest BCUT2D eigenvalue weighted by Crippen LogP contribution is -2.11. The predicted octanol–water partition coefficient (Wildman–Crippen LogP) is 3.66. The van der Waals surface area contributed by atoms with Crippen LogP contribution in [0, 0.1) is 0 Å². The lowest BCUT2D eigenvalue weighted by molar-refractivity contribution is -0.141. The van der Waals surface area contributed by atoms with Crippen molar-refractivity contribution >= 4 is 12.0 Å². The Kier molecular flexibility index (Phi) is 4.51. The molecule has 0 aromatic heterocycles. The summed E-state index contributed by atoms with van der Waals surface area (Å²) in [7, 11) is 1.41. The average molecular weight is 252 g/mol. The molecule has 96 valence electrons. The van der Waals surface area contributed by atoms with Crippen LogP contribution in [0.4, 0.5) is 0 Å². The molecule has 0 aliphatic carbocycles. The molecule has 1 atom stereocenters. The van der Waals surface area contributed by atoms with Gasteiger partial charge in [-0.15, -0.1) is 0 Å². The highest BCUT2D eigenvalue weighted by molar-refractivity contribution is 5.81. The molecule has 2 aromatic carbocycles. The number of benzene rings is 2. The Morgan fingerprint density at radius 1 is 1.00 bits per heavy atom. The maximum Gasteiger partial charge on any atom is 0.317 e. The van der Waals surface area contributed by atoms with Gasteiger partial charge in [0.05, 0.1) is 7.11 Å². The molecule has 0 bridgehead atoms.